The first-order valence-corrected chi connectivity index (χ1v) is 14.1. The van der Waals surface area contributed by atoms with Crippen LogP contribution in [0.5, 0.6) is 5.75 Å². The molecule has 2 N–H and O–H groups in total. The van der Waals surface area contributed by atoms with E-state index in [0.717, 1.165) is 19.0 Å². The van der Waals surface area contributed by atoms with Gasteiger partial charge < -0.3 is 19.6 Å². The van der Waals surface area contributed by atoms with E-state index in [2.05, 4.69) is 23.6 Å². The Morgan fingerprint density at radius 1 is 1.17 bits per heavy atom. The summed E-state index contributed by atoms with van der Waals surface area (Å²) in [5.41, 5.74) is 0.984. The fraction of sp³-hybridized carbons (Fsp3) is 0.519. The lowest BCUT2D eigenvalue weighted by Gasteiger charge is -2.34. The molecule has 1 amide bonds. The zero-order valence-electron chi connectivity index (χ0n) is 21.3. The summed E-state index contributed by atoms with van der Waals surface area (Å²) in [5, 5.41) is 9.81. The number of aliphatic hydroxyl groups excluding tert-OH is 1. The van der Waals surface area contributed by atoms with Crippen LogP contribution in [-0.4, -0.2) is 74.7 Å². The van der Waals surface area contributed by atoms with Crippen molar-refractivity contribution in [1.29, 1.82) is 0 Å². The third kappa shape index (κ3) is 6.57. The third-order valence-corrected chi connectivity index (χ3v) is 8.38. The summed E-state index contributed by atoms with van der Waals surface area (Å²) in [7, 11) is -1.67. The van der Waals surface area contributed by atoms with Gasteiger partial charge in [-0.2, -0.15) is 0 Å². The summed E-state index contributed by atoms with van der Waals surface area (Å²) in [6, 6.07) is 12.9. The maximum Gasteiger partial charge on any atom is 0.261 e. The van der Waals surface area contributed by atoms with Crippen LogP contribution in [0.2, 0.25) is 0 Å². The summed E-state index contributed by atoms with van der Waals surface area (Å²) in [6.45, 7) is 6.00. The molecule has 4 rings (SSSR count). The van der Waals surface area contributed by atoms with Crippen LogP contribution in [0.1, 0.15) is 32.3 Å². The number of amides is 1. The molecule has 36 heavy (non-hydrogen) atoms. The van der Waals surface area contributed by atoms with E-state index in [1.807, 2.05) is 6.92 Å². The molecule has 196 valence electrons. The number of anilines is 1. The highest BCUT2D eigenvalue weighted by Gasteiger charge is 2.32. The van der Waals surface area contributed by atoms with Crippen molar-refractivity contribution in [1.82, 2.24) is 9.80 Å². The number of benzene rings is 2. The molecule has 1 fully saturated rings. The number of sulfonamides is 1. The molecule has 0 saturated heterocycles. The highest BCUT2D eigenvalue weighted by Crippen LogP contribution is 2.32. The lowest BCUT2D eigenvalue weighted by atomic mass is 10.0. The van der Waals surface area contributed by atoms with Crippen LogP contribution in [0.4, 0.5) is 5.69 Å². The number of likely N-dealkylation sites (N-methyl/N-ethyl adjacent to an activating group) is 1. The average Bonchev–Trinajstić information content (AvgIpc) is 3.66. The zero-order valence-corrected chi connectivity index (χ0v) is 22.1. The van der Waals surface area contributed by atoms with Gasteiger partial charge in [0, 0.05) is 36.8 Å². The molecule has 0 radical (unpaired) electrons. The van der Waals surface area contributed by atoms with Crippen molar-refractivity contribution in [2.45, 2.75) is 50.2 Å². The van der Waals surface area contributed by atoms with Crippen LogP contribution in [0.25, 0.3) is 0 Å². The summed E-state index contributed by atoms with van der Waals surface area (Å²) in [5.74, 6) is 1.25. The molecule has 2 aromatic rings. The van der Waals surface area contributed by atoms with Crippen molar-refractivity contribution in [3.05, 3.63) is 54.1 Å². The molecule has 1 aliphatic heterocycles. The molecule has 8 nitrogen and oxygen atoms in total. The second-order valence-electron chi connectivity index (χ2n) is 10.3. The van der Waals surface area contributed by atoms with Gasteiger partial charge in [-0.3, -0.25) is 9.52 Å². The van der Waals surface area contributed by atoms with Crippen molar-refractivity contribution in [2.24, 2.45) is 11.8 Å². The zero-order chi connectivity index (χ0) is 25.9. The normalized spacial score (nSPS) is 21.7. The summed E-state index contributed by atoms with van der Waals surface area (Å²) < 4.78 is 34.8. The van der Waals surface area contributed by atoms with Crippen LogP contribution < -0.4 is 9.46 Å². The van der Waals surface area contributed by atoms with Crippen LogP contribution in [-0.2, 0) is 21.2 Å². The van der Waals surface area contributed by atoms with Gasteiger partial charge in [-0.15, -0.1) is 0 Å². The highest BCUT2D eigenvalue weighted by atomic mass is 32.2. The fourth-order valence-corrected chi connectivity index (χ4v) is 5.72. The second kappa shape index (κ2) is 11.2. The Labute approximate surface area is 214 Å². The highest BCUT2D eigenvalue weighted by molar-refractivity contribution is 7.92. The number of aliphatic hydroxyl groups is 1. The molecule has 0 bridgehead atoms. The lowest BCUT2D eigenvalue weighted by Crippen LogP contribution is -2.47. The number of rotatable bonds is 9. The number of fused-ring (bicyclic) bond motifs is 1. The standard InChI is InChI=1S/C27H37N3O5S/c1-19-15-30(20(2)18-31)27(32)14-22-13-23(28-36(33,34)24-7-5-4-6-8-24)11-12-25(22)35-26(19)17-29(3)16-21-9-10-21/h4-8,11-13,19-21,26,28,31H,9-10,14-18H2,1-3H3/t19-,20-,26+/m0/s1. The number of carbonyl (C=O) groups excluding carboxylic acids is 1. The fourth-order valence-electron chi connectivity index (χ4n) is 4.65. The van der Waals surface area contributed by atoms with Gasteiger partial charge in [-0.1, -0.05) is 25.1 Å². The number of nitrogens with zero attached hydrogens (tertiary/aromatic N) is 2. The van der Waals surface area contributed by atoms with Gasteiger partial charge in [0.25, 0.3) is 10.0 Å². The molecule has 0 unspecified atom stereocenters. The third-order valence-electron chi connectivity index (χ3n) is 6.98. The van der Waals surface area contributed by atoms with E-state index in [-0.39, 0.29) is 41.9 Å². The van der Waals surface area contributed by atoms with Crippen LogP contribution in [0.15, 0.2) is 53.4 Å². The molecule has 1 heterocycles. The largest absolute Gasteiger partial charge is 0.488 e. The van der Waals surface area contributed by atoms with Gasteiger partial charge in [0.1, 0.15) is 11.9 Å². The van der Waals surface area contributed by atoms with E-state index in [0.29, 0.717) is 23.5 Å². The molecule has 0 spiro atoms. The van der Waals surface area contributed by atoms with Crippen LogP contribution in [0.3, 0.4) is 0 Å². The Morgan fingerprint density at radius 2 is 1.89 bits per heavy atom. The molecule has 0 aromatic heterocycles. The smallest absolute Gasteiger partial charge is 0.261 e. The van der Waals surface area contributed by atoms with E-state index in [1.54, 1.807) is 41.3 Å². The van der Waals surface area contributed by atoms with Crippen molar-refractivity contribution < 1.29 is 23.1 Å². The molecule has 2 aliphatic rings. The number of nitrogens with one attached hydrogen (secondary N) is 1. The van der Waals surface area contributed by atoms with Crippen molar-refractivity contribution in [3.8, 4) is 5.75 Å². The van der Waals surface area contributed by atoms with E-state index in [1.165, 1.54) is 25.0 Å². The molecule has 2 aromatic carbocycles. The first kappa shape index (κ1) is 26.4. The van der Waals surface area contributed by atoms with Gasteiger partial charge in [0.15, 0.2) is 0 Å². The van der Waals surface area contributed by atoms with Gasteiger partial charge in [-0.25, -0.2) is 8.42 Å². The second-order valence-corrected chi connectivity index (χ2v) is 12.0. The molecule has 1 aliphatic carbocycles. The van der Waals surface area contributed by atoms with Crippen LogP contribution in [0, 0.1) is 11.8 Å². The predicted molar refractivity (Wildman–Crippen MR) is 139 cm³/mol. The first-order valence-electron chi connectivity index (χ1n) is 12.6. The summed E-state index contributed by atoms with van der Waals surface area (Å²) >= 11 is 0. The van der Waals surface area contributed by atoms with Crippen LogP contribution >= 0.6 is 0 Å². The minimum atomic E-state index is -3.77. The number of ether oxygens (including phenoxy) is 1. The summed E-state index contributed by atoms with van der Waals surface area (Å²) in [6.07, 6.45) is 2.43. The minimum Gasteiger partial charge on any atom is -0.488 e. The van der Waals surface area contributed by atoms with Gasteiger partial charge in [0.05, 0.1) is 24.0 Å². The SMILES string of the molecule is C[C@H]1CN([C@@H](C)CO)C(=O)Cc2cc(NS(=O)(=O)c3ccccc3)ccc2O[C@@H]1CN(C)CC1CC1. The van der Waals surface area contributed by atoms with Crippen molar-refractivity contribution in [2.75, 3.05) is 38.0 Å². The Balaban J connectivity index is 1.63. The topological polar surface area (TPSA) is 99.2 Å². The Bertz CT molecular complexity index is 1150. The molecular formula is C27H37N3O5S. The van der Waals surface area contributed by atoms with E-state index < -0.39 is 10.0 Å². The molecular weight excluding hydrogens is 478 g/mol. The van der Waals surface area contributed by atoms with Crippen molar-refractivity contribution >= 4 is 21.6 Å². The Morgan fingerprint density at radius 3 is 2.56 bits per heavy atom. The van der Waals surface area contributed by atoms with Gasteiger partial charge in [-0.05, 0) is 63.1 Å². The monoisotopic (exact) mass is 515 g/mol. The van der Waals surface area contributed by atoms with E-state index >= 15 is 0 Å². The molecule has 3 atom stereocenters. The number of hydrogen-bond acceptors (Lipinski definition) is 6. The summed E-state index contributed by atoms with van der Waals surface area (Å²) in [4.78, 5) is 17.5. The van der Waals surface area contributed by atoms with E-state index in [4.69, 9.17) is 4.74 Å². The maximum absolute atomic E-state index is 13.3. The molecule has 1 saturated carbocycles. The minimum absolute atomic E-state index is 0.0341. The Kier molecular flexibility index (Phi) is 8.22. The van der Waals surface area contributed by atoms with Gasteiger partial charge >= 0.3 is 0 Å². The number of hydrogen-bond donors (Lipinski definition) is 2. The lowest BCUT2D eigenvalue weighted by molar-refractivity contribution is -0.134. The molecule has 9 heteroatoms. The maximum atomic E-state index is 13.3. The predicted octanol–water partition coefficient (Wildman–Crippen LogP) is 2.98. The quantitative estimate of drug-likeness (QED) is 0.533. The Hall–Kier alpha value is -2.62. The number of carbonyl (C=O) groups is 1. The average molecular weight is 516 g/mol. The first-order chi connectivity index (χ1) is 17.2. The van der Waals surface area contributed by atoms with Crippen molar-refractivity contribution in [3.63, 3.8) is 0 Å². The van der Waals surface area contributed by atoms with E-state index in [9.17, 15) is 18.3 Å². The van der Waals surface area contributed by atoms with Gasteiger partial charge in [0.2, 0.25) is 5.91 Å².